The SMILES string of the molecule is O=C(Nc1cccc(Cl)c1)C1C(=O)Sc2ccc([N+](=O)[O-])cc21. The monoisotopic (exact) mass is 348 g/mol. The molecule has 1 unspecified atom stereocenters. The van der Waals surface area contributed by atoms with Gasteiger partial charge in [0.05, 0.1) is 4.92 Å². The maximum absolute atomic E-state index is 12.4. The van der Waals surface area contributed by atoms with Gasteiger partial charge in [0, 0.05) is 27.7 Å². The number of benzene rings is 2. The normalized spacial score (nSPS) is 16.0. The van der Waals surface area contributed by atoms with Crippen molar-refractivity contribution < 1.29 is 14.5 Å². The molecule has 1 heterocycles. The maximum atomic E-state index is 12.4. The fourth-order valence-electron chi connectivity index (χ4n) is 2.29. The number of fused-ring (bicyclic) bond motifs is 1. The molecule has 0 saturated heterocycles. The highest BCUT2D eigenvalue weighted by Crippen LogP contribution is 2.43. The highest BCUT2D eigenvalue weighted by molar-refractivity contribution is 8.14. The Morgan fingerprint density at radius 1 is 1.26 bits per heavy atom. The summed E-state index contributed by atoms with van der Waals surface area (Å²) < 4.78 is 0. The van der Waals surface area contributed by atoms with Crippen molar-refractivity contribution in [2.75, 3.05) is 5.32 Å². The molecule has 0 fully saturated rings. The van der Waals surface area contributed by atoms with Crippen LogP contribution < -0.4 is 5.32 Å². The number of hydrogen-bond acceptors (Lipinski definition) is 5. The van der Waals surface area contributed by atoms with Gasteiger partial charge >= 0.3 is 0 Å². The molecule has 0 saturated carbocycles. The molecular formula is C15H9ClN2O4S. The summed E-state index contributed by atoms with van der Waals surface area (Å²) in [5.41, 5.74) is 0.660. The van der Waals surface area contributed by atoms with Crippen molar-refractivity contribution >= 4 is 45.8 Å². The van der Waals surface area contributed by atoms with Gasteiger partial charge in [0.1, 0.15) is 5.92 Å². The van der Waals surface area contributed by atoms with Crippen LogP contribution in [-0.2, 0) is 9.59 Å². The van der Waals surface area contributed by atoms with E-state index in [9.17, 15) is 19.7 Å². The van der Waals surface area contributed by atoms with Gasteiger partial charge in [-0.25, -0.2) is 0 Å². The molecule has 23 heavy (non-hydrogen) atoms. The number of nitrogens with zero attached hydrogens (tertiary/aromatic N) is 1. The van der Waals surface area contributed by atoms with Crippen molar-refractivity contribution in [1.82, 2.24) is 0 Å². The fourth-order valence-corrected chi connectivity index (χ4v) is 3.48. The molecule has 1 atom stereocenters. The third kappa shape index (κ3) is 3.06. The first-order chi connectivity index (χ1) is 11.0. The van der Waals surface area contributed by atoms with Crippen LogP contribution in [0.5, 0.6) is 0 Å². The van der Waals surface area contributed by atoms with Crippen molar-refractivity contribution in [1.29, 1.82) is 0 Å². The maximum Gasteiger partial charge on any atom is 0.269 e. The van der Waals surface area contributed by atoms with E-state index in [0.29, 0.717) is 21.2 Å². The second-order valence-corrected chi connectivity index (χ2v) is 6.32. The zero-order valence-electron chi connectivity index (χ0n) is 11.5. The van der Waals surface area contributed by atoms with Crippen LogP contribution in [-0.4, -0.2) is 15.9 Å². The number of carbonyl (C=O) groups is 2. The number of nitrogens with one attached hydrogen (secondary N) is 1. The van der Waals surface area contributed by atoms with E-state index in [0.717, 1.165) is 11.8 Å². The van der Waals surface area contributed by atoms with Gasteiger partial charge in [-0.1, -0.05) is 29.4 Å². The van der Waals surface area contributed by atoms with Gasteiger partial charge in [0.15, 0.2) is 0 Å². The average molecular weight is 349 g/mol. The van der Waals surface area contributed by atoms with Crippen LogP contribution in [0.15, 0.2) is 47.4 Å². The predicted octanol–water partition coefficient (Wildman–Crippen LogP) is 3.60. The van der Waals surface area contributed by atoms with Crippen molar-refractivity contribution in [2.24, 2.45) is 0 Å². The van der Waals surface area contributed by atoms with Crippen LogP contribution in [0, 0.1) is 10.1 Å². The van der Waals surface area contributed by atoms with E-state index >= 15 is 0 Å². The van der Waals surface area contributed by atoms with E-state index in [1.54, 1.807) is 24.3 Å². The Morgan fingerprint density at radius 2 is 2.04 bits per heavy atom. The first-order valence-corrected chi connectivity index (χ1v) is 7.71. The number of nitro groups is 1. The number of amides is 1. The number of rotatable bonds is 3. The third-order valence-electron chi connectivity index (χ3n) is 3.32. The minimum Gasteiger partial charge on any atom is -0.325 e. The number of carbonyl (C=O) groups excluding carboxylic acids is 2. The number of hydrogen-bond donors (Lipinski definition) is 1. The van der Waals surface area contributed by atoms with Crippen molar-refractivity contribution in [3.63, 3.8) is 0 Å². The molecule has 1 N–H and O–H groups in total. The van der Waals surface area contributed by atoms with E-state index in [-0.39, 0.29) is 10.8 Å². The van der Waals surface area contributed by atoms with Gasteiger partial charge in [0.2, 0.25) is 11.0 Å². The lowest BCUT2D eigenvalue weighted by Crippen LogP contribution is -2.23. The summed E-state index contributed by atoms with van der Waals surface area (Å²) in [6, 6.07) is 10.6. The van der Waals surface area contributed by atoms with E-state index in [4.69, 9.17) is 11.6 Å². The predicted molar refractivity (Wildman–Crippen MR) is 86.8 cm³/mol. The summed E-state index contributed by atoms with van der Waals surface area (Å²) in [6.07, 6.45) is 0. The van der Waals surface area contributed by atoms with Crippen LogP contribution in [0.1, 0.15) is 11.5 Å². The lowest BCUT2D eigenvalue weighted by atomic mass is 9.99. The molecule has 3 rings (SSSR count). The van der Waals surface area contributed by atoms with Gasteiger partial charge in [-0.05, 0) is 29.8 Å². The van der Waals surface area contributed by atoms with Crippen molar-refractivity contribution in [3.8, 4) is 0 Å². The van der Waals surface area contributed by atoms with E-state index in [2.05, 4.69) is 5.32 Å². The van der Waals surface area contributed by atoms with Gasteiger partial charge in [-0.2, -0.15) is 0 Å². The first-order valence-electron chi connectivity index (χ1n) is 6.52. The molecule has 0 aliphatic carbocycles. The number of thioether (sulfide) groups is 1. The van der Waals surface area contributed by atoms with Crippen LogP contribution in [0.3, 0.4) is 0 Å². The summed E-state index contributed by atoms with van der Waals surface area (Å²) in [4.78, 5) is 35.4. The Balaban J connectivity index is 1.91. The second kappa shape index (κ2) is 6.02. The topological polar surface area (TPSA) is 89.3 Å². The van der Waals surface area contributed by atoms with Crippen LogP contribution in [0.25, 0.3) is 0 Å². The Bertz CT molecular complexity index is 840. The van der Waals surface area contributed by atoms with Gasteiger partial charge in [0.25, 0.3) is 5.69 Å². The highest BCUT2D eigenvalue weighted by atomic mass is 35.5. The average Bonchev–Trinajstić information content (AvgIpc) is 2.81. The summed E-state index contributed by atoms with van der Waals surface area (Å²) >= 11 is 6.77. The molecule has 0 aromatic heterocycles. The molecule has 0 spiro atoms. The zero-order chi connectivity index (χ0) is 16.6. The standard InChI is InChI=1S/C15H9ClN2O4S/c16-8-2-1-3-9(6-8)17-14(19)13-11-7-10(18(21)22)4-5-12(11)23-15(13)20/h1-7,13H,(H,17,19). The molecule has 1 aliphatic rings. The molecule has 1 aliphatic heterocycles. The lowest BCUT2D eigenvalue weighted by molar-refractivity contribution is -0.385. The molecule has 0 bridgehead atoms. The largest absolute Gasteiger partial charge is 0.325 e. The number of anilines is 1. The molecule has 6 nitrogen and oxygen atoms in total. The third-order valence-corrected chi connectivity index (χ3v) is 4.58. The van der Waals surface area contributed by atoms with Crippen LogP contribution >= 0.6 is 23.4 Å². The van der Waals surface area contributed by atoms with Gasteiger partial charge in [-0.15, -0.1) is 0 Å². The van der Waals surface area contributed by atoms with E-state index in [1.807, 2.05) is 0 Å². The molecule has 2 aromatic carbocycles. The fraction of sp³-hybridized carbons (Fsp3) is 0.0667. The summed E-state index contributed by atoms with van der Waals surface area (Å²) in [5.74, 6) is -1.61. The zero-order valence-corrected chi connectivity index (χ0v) is 13.1. The Hall–Kier alpha value is -2.38. The van der Waals surface area contributed by atoms with Crippen LogP contribution in [0.2, 0.25) is 5.02 Å². The number of non-ortho nitro benzene ring substituents is 1. The smallest absolute Gasteiger partial charge is 0.269 e. The lowest BCUT2D eigenvalue weighted by Gasteiger charge is -2.10. The molecule has 1 amide bonds. The minimum atomic E-state index is -1.08. The molecular weight excluding hydrogens is 340 g/mol. The Kier molecular flexibility index (Phi) is 4.06. The molecule has 116 valence electrons. The van der Waals surface area contributed by atoms with Gasteiger partial charge in [-0.3, -0.25) is 19.7 Å². The number of nitro benzene ring substituents is 1. The summed E-state index contributed by atoms with van der Waals surface area (Å²) in [5, 5.41) is 13.6. The second-order valence-electron chi connectivity index (χ2n) is 4.83. The molecule has 0 radical (unpaired) electrons. The Morgan fingerprint density at radius 3 is 2.74 bits per heavy atom. The quantitative estimate of drug-likeness (QED) is 0.520. The van der Waals surface area contributed by atoms with E-state index in [1.165, 1.54) is 18.2 Å². The van der Waals surface area contributed by atoms with E-state index < -0.39 is 16.7 Å². The van der Waals surface area contributed by atoms with Crippen molar-refractivity contribution in [3.05, 3.63) is 63.2 Å². The molecule has 8 heteroatoms. The minimum absolute atomic E-state index is 0.153. The van der Waals surface area contributed by atoms with Crippen molar-refractivity contribution in [2.45, 2.75) is 10.8 Å². The summed E-state index contributed by atoms with van der Waals surface area (Å²) in [6.45, 7) is 0. The molecule has 2 aromatic rings. The highest BCUT2D eigenvalue weighted by Gasteiger charge is 2.38. The first kappa shape index (κ1) is 15.5. The van der Waals surface area contributed by atoms with Crippen LogP contribution in [0.4, 0.5) is 11.4 Å². The Labute approximate surface area is 140 Å². The number of halogens is 1. The summed E-state index contributed by atoms with van der Waals surface area (Å²) in [7, 11) is 0. The van der Waals surface area contributed by atoms with Gasteiger partial charge < -0.3 is 5.32 Å².